The number of hydrogen-bond acceptors (Lipinski definition) is 1. The van der Waals surface area contributed by atoms with E-state index in [9.17, 15) is 5.11 Å². The van der Waals surface area contributed by atoms with Gasteiger partial charge in [0, 0.05) is 0 Å². The first-order chi connectivity index (χ1) is 5.25. The number of benzene rings is 1. The maximum Gasteiger partial charge on any atom is 0.122 e. The topological polar surface area (TPSA) is 20.2 Å². The Morgan fingerprint density at radius 1 is 1.45 bits per heavy atom. The Kier molecular flexibility index (Phi) is 2.90. The molecule has 0 saturated heterocycles. The van der Waals surface area contributed by atoms with Gasteiger partial charge in [-0.3, -0.25) is 0 Å². The molecule has 0 saturated carbocycles. The standard InChI is InChI=1S/C9H13OP/c1-7-4-3-5-8(6-11-2)9(7)10/h3-5,10-11H,6H2,1-2H3. The summed E-state index contributed by atoms with van der Waals surface area (Å²) in [5, 5.41) is 9.53. The molecule has 2 heteroatoms. The minimum atomic E-state index is 0.474. The minimum Gasteiger partial charge on any atom is -0.507 e. The lowest BCUT2D eigenvalue weighted by Crippen LogP contribution is -1.82. The van der Waals surface area contributed by atoms with E-state index in [0.717, 1.165) is 25.9 Å². The van der Waals surface area contributed by atoms with Crippen molar-refractivity contribution >= 4 is 8.58 Å². The second kappa shape index (κ2) is 3.73. The van der Waals surface area contributed by atoms with E-state index in [0.29, 0.717) is 5.75 Å². The molecule has 0 spiro atoms. The zero-order valence-corrected chi connectivity index (χ0v) is 7.89. The lowest BCUT2D eigenvalue weighted by molar-refractivity contribution is 0.466. The lowest BCUT2D eigenvalue weighted by atomic mass is 10.1. The van der Waals surface area contributed by atoms with Crippen LogP contribution in [0.25, 0.3) is 0 Å². The molecule has 1 aromatic carbocycles. The third kappa shape index (κ3) is 1.94. The summed E-state index contributed by atoms with van der Waals surface area (Å²) in [5.41, 5.74) is 2.05. The average Bonchev–Trinajstić information content (AvgIpc) is 1.99. The minimum absolute atomic E-state index is 0.474. The van der Waals surface area contributed by atoms with Crippen LogP contribution < -0.4 is 0 Å². The average molecular weight is 168 g/mol. The van der Waals surface area contributed by atoms with Gasteiger partial charge in [0.05, 0.1) is 0 Å². The van der Waals surface area contributed by atoms with Gasteiger partial charge in [-0.15, -0.1) is 8.58 Å². The Morgan fingerprint density at radius 2 is 2.18 bits per heavy atom. The van der Waals surface area contributed by atoms with Crippen LogP contribution in [0.1, 0.15) is 11.1 Å². The lowest BCUT2D eigenvalue weighted by Gasteiger charge is -2.04. The molecule has 1 nitrogen and oxygen atoms in total. The van der Waals surface area contributed by atoms with Crippen LogP contribution in [0.15, 0.2) is 18.2 Å². The van der Waals surface area contributed by atoms with Crippen LogP contribution in [0.2, 0.25) is 0 Å². The van der Waals surface area contributed by atoms with Crippen molar-refractivity contribution in [1.29, 1.82) is 0 Å². The fraction of sp³-hybridized carbons (Fsp3) is 0.333. The number of hydrogen-bond donors (Lipinski definition) is 1. The molecular weight excluding hydrogens is 155 g/mol. The van der Waals surface area contributed by atoms with Gasteiger partial charge in [-0.25, -0.2) is 0 Å². The second-order valence-electron chi connectivity index (χ2n) is 2.61. The van der Waals surface area contributed by atoms with Crippen molar-refractivity contribution in [3.63, 3.8) is 0 Å². The zero-order chi connectivity index (χ0) is 8.27. The molecule has 60 valence electrons. The van der Waals surface area contributed by atoms with Crippen molar-refractivity contribution < 1.29 is 5.11 Å². The maximum atomic E-state index is 9.53. The maximum absolute atomic E-state index is 9.53. The van der Waals surface area contributed by atoms with Gasteiger partial charge in [0.25, 0.3) is 0 Å². The van der Waals surface area contributed by atoms with Crippen molar-refractivity contribution in [2.45, 2.75) is 13.1 Å². The van der Waals surface area contributed by atoms with Crippen molar-refractivity contribution in [2.75, 3.05) is 6.66 Å². The van der Waals surface area contributed by atoms with E-state index in [-0.39, 0.29) is 0 Å². The molecule has 0 bridgehead atoms. The molecule has 0 radical (unpaired) electrons. The normalized spacial score (nSPS) is 11.1. The van der Waals surface area contributed by atoms with Crippen molar-refractivity contribution in [1.82, 2.24) is 0 Å². The van der Waals surface area contributed by atoms with Crippen LogP contribution in [-0.4, -0.2) is 11.8 Å². The quantitative estimate of drug-likeness (QED) is 0.672. The van der Waals surface area contributed by atoms with Crippen LogP contribution in [0.3, 0.4) is 0 Å². The molecule has 1 rings (SSSR count). The molecule has 0 aliphatic heterocycles. The summed E-state index contributed by atoms with van der Waals surface area (Å²) in [6, 6.07) is 5.90. The van der Waals surface area contributed by atoms with Crippen LogP contribution in [-0.2, 0) is 6.16 Å². The summed E-state index contributed by atoms with van der Waals surface area (Å²) < 4.78 is 0. The molecule has 1 atom stereocenters. The van der Waals surface area contributed by atoms with Gasteiger partial charge in [0.2, 0.25) is 0 Å². The molecular formula is C9H13OP. The van der Waals surface area contributed by atoms with E-state index in [2.05, 4.69) is 6.66 Å². The van der Waals surface area contributed by atoms with Gasteiger partial charge in [-0.05, 0) is 30.9 Å². The molecule has 0 heterocycles. The highest BCUT2D eigenvalue weighted by atomic mass is 31.1. The van der Waals surface area contributed by atoms with Crippen molar-refractivity contribution in [3.05, 3.63) is 29.3 Å². The van der Waals surface area contributed by atoms with Gasteiger partial charge in [-0.2, -0.15) is 0 Å². The summed E-state index contributed by atoms with van der Waals surface area (Å²) in [5.74, 6) is 0.474. The third-order valence-corrected chi connectivity index (χ3v) is 2.42. The second-order valence-corrected chi connectivity index (χ2v) is 3.67. The SMILES string of the molecule is CPCc1cccc(C)c1O. The number of phenolic OH excluding ortho intramolecular Hbond substituents is 1. The van der Waals surface area contributed by atoms with Crippen LogP contribution in [0, 0.1) is 6.92 Å². The molecule has 0 aromatic heterocycles. The predicted octanol–water partition coefficient (Wildman–Crippen LogP) is 2.51. The van der Waals surface area contributed by atoms with Gasteiger partial charge in [0.15, 0.2) is 0 Å². The molecule has 0 fully saturated rings. The van der Waals surface area contributed by atoms with E-state index in [1.54, 1.807) is 0 Å². The van der Waals surface area contributed by atoms with Crippen LogP contribution in [0.4, 0.5) is 0 Å². The van der Waals surface area contributed by atoms with E-state index < -0.39 is 0 Å². The van der Waals surface area contributed by atoms with Gasteiger partial charge in [0.1, 0.15) is 5.75 Å². The summed E-state index contributed by atoms with van der Waals surface area (Å²) in [4.78, 5) is 0. The predicted molar refractivity (Wildman–Crippen MR) is 50.8 cm³/mol. The third-order valence-electron chi connectivity index (χ3n) is 1.69. The highest BCUT2D eigenvalue weighted by Gasteiger charge is 2.00. The Hall–Kier alpha value is -0.550. The largest absolute Gasteiger partial charge is 0.507 e. The molecule has 0 amide bonds. The summed E-state index contributed by atoms with van der Waals surface area (Å²) in [6.07, 6.45) is 0.994. The molecule has 1 N–H and O–H groups in total. The first kappa shape index (κ1) is 8.55. The van der Waals surface area contributed by atoms with Gasteiger partial charge in [-0.1, -0.05) is 18.2 Å². The van der Waals surface area contributed by atoms with Crippen LogP contribution >= 0.6 is 8.58 Å². The highest BCUT2D eigenvalue weighted by Crippen LogP contribution is 2.26. The molecule has 1 aromatic rings. The number of aromatic hydroxyl groups is 1. The number of aryl methyl sites for hydroxylation is 1. The highest BCUT2D eigenvalue weighted by molar-refractivity contribution is 7.36. The fourth-order valence-electron chi connectivity index (χ4n) is 1.05. The Labute approximate surface area is 69.2 Å². The number of para-hydroxylation sites is 1. The van der Waals surface area contributed by atoms with E-state index in [1.165, 1.54) is 0 Å². The van der Waals surface area contributed by atoms with Gasteiger partial charge < -0.3 is 5.11 Å². The Morgan fingerprint density at radius 3 is 2.82 bits per heavy atom. The number of rotatable bonds is 2. The molecule has 1 unspecified atom stereocenters. The van der Waals surface area contributed by atoms with Crippen LogP contribution in [0.5, 0.6) is 5.75 Å². The monoisotopic (exact) mass is 168 g/mol. The van der Waals surface area contributed by atoms with Crippen molar-refractivity contribution in [2.24, 2.45) is 0 Å². The summed E-state index contributed by atoms with van der Waals surface area (Å²) in [6.45, 7) is 4.07. The van der Waals surface area contributed by atoms with Gasteiger partial charge >= 0.3 is 0 Å². The Bertz CT molecular complexity index is 245. The fourth-order valence-corrected chi connectivity index (χ4v) is 1.72. The molecule has 11 heavy (non-hydrogen) atoms. The zero-order valence-electron chi connectivity index (χ0n) is 6.89. The van der Waals surface area contributed by atoms with E-state index in [1.807, 2.05) is 25.1 Å². The molecule has 0 aliphatic rings. The van der Waals surface area contributed by atoms with E-state index in [4.69, 9.17) is 0 Å². The number of phenols is 1. The molecule has 0 aliphatic carbocycles. The summed E-state index contributed by atoms with van der Waals surface area (Å²) in [7, 11) is 0.868. The summed E-state index contributed by atoms with van der Waals surface area (Å²) >= 11 is 0. The Balaban J connectivity index is 2.96. The van der Waals surface area contributed by atoms with Crippen molar-refractivity contribution in [3.8, 4) is 5.75 Å². The van der Waals surface area contributed by atoms with E-state index >= 15 is 0 Å². The first-order valence-corrected chi connectivity index (χ1v) is 5.38. The smallest absolute Gasteiger partial charge is 0.122 e. The first-order valence-electron chi connectivity index (χ1n) is 3.67.